The lowest BCUT2D eigenvalue weighted by Gasteiger charge is -2.39. The highest BCUT2D eigenvalue weighted by Crippen LogP contribution is 2.25. The lowest BCUT2D eigenvalue weighted by atomic mass is 9.88. The number of likely N-dealkylation sites (tertiary alicyclic amines) is 1. The average Bonchev–Trinajstić information content (AvgIpc) is 3.36. The Balaban J connectivity index is 1.19. The Kier molecular flexibility index (Phi) is 7.92. The first-order chi connectivity index (χ1) is 18.5. The maximum atomic E-state index is 13.6. The number of nitrogens with one attached hydrogen (secondary N) is 3. The molecule has 5 rings (SSSR count). The quantitative estimate of drug-likeness (QED) is 0.460. The van der Waals surface area contributed by atoms with Crippen LogP contribution in [0.2, 0.25) is 0 Å². The minimum atomic E-state index is -0.351. The molecule has 0 bridgehead atoms. The molecule has 0 aliphatic carbocycles. The van der Waals surface area contributed by atoms with Gasteiger partial charge in [0.2, 0.25) is 5.91 Å². The molecule has 3 amide bonds. The molecule has 3 N–H and O–H groups in total. The van der Waals surface area contributed by atoms with E-state index in [1.807, 2.05) is 35.2 Å². The summed E-state index contributed by atoms with van der Waals surface area (Å²) in [5, 5.41) is 20.8. The van der Waals surface area contributed by atoms with E-state index < -0.39 is 0 Å². The summed E-state index contributed by atoms with van der Waals surface area (Å²) in [5.41, 5.74) is 2.48. The molecule has 2 saturated heterocycles. The van der Waals surface area contributed by atoms with Crippen molar-refractivity contribution < 1.29 is 14.0 Å². The summed E-state index contributed by atoms with van der Waals surface area (Å²) < 4.78 is 14.8. The van der Waals surface area contributed by atoms with Crippen molar-refractivity contribution in [2.45, 2.75) is 31.7 Å². The van der Waals surface area contributed by atoms with Crippen LogP contribution in [0.5, 0.6) is 0 Å². The zero-order chi connectivity index (χ0) is 26.5. The predicted molar refractivity (Wildman–Crippen MR) is 141 cm³/mol. The Bertz CT molecular complexity index is 1260. The van der Waals surface area contributed by atoms with Crippen LogP contribution in [0, 0.1) is 17.7 Å². The molecule has 200 valence electrons. The van der Waals surface area contributed by atoms with Crippen LogP contribution in [0.15, 0.2) is 48.5 Å². The molecule has 0 saturated carbocycles. The number of carbonyl (C=O) groups is 2. The molecular formula is C27H33FN8O2. The maximum absolute atomic E-state index is 13.6. The van der Waals surface area contributed by atoms with Gasteiger partial charge in [0.05, 0.1) is 5.92 Å². The first-order valence-corrected chi connectivity index (χ1v) is 13.1. The lowest BCUT2D eigenvalue weighted by molar-refractivity contribution is -0.138. The smallest absolute Gasteiger partial charge is 0.319 e. The van der Waals surface area contributed by atoms with Gasteiger partial charge >= 0.3 is 6.03 Å². The van der Waals surface area contributed by atoms with Gasteiger partial charge in [0.1, 0.15) is 5.82 Å². The molecule has 1 aromatic heterocycles. The first-order valence-electron chi connectivity index (χ1n) is 13.1. The van der Waals surface area contributed by atoms with E-state index in [1.54, 1.807) is 17.8 Å². The third-order valence-corrected chi connectivity index (χ3v) is 7.38. The summed E-state index contributed by atoms with van der Waals surface area (Å²) in [6.45, 7) is 2.65. The van der Waals surface area contributed by atoms with Crippen LogP contribution in [-0.2, 0) is 18.3 Å². The van der Waals surface area contributed by atoms with Crippen LogP contribution in [0.25, 0.3) is 11.4 Å². The van der Waals surface area contributed by atoms with Gasteiger partial charge in [-0.05, 0) is 78.4 Å². The van der Waals surface area contributed by atoms with E-state index in [0.29, 0.717) is 36.9 Å². The van der Waals surface area contributed by atoms with E-state index in [4.69, 9.17) is 0 Å². The molecule has 38 heavy (non-hydrogen) atoms. The predicted octanol–water partition coefficient (Wildman–Crippen LogP) is 2.60. The SMILES string of the molecule is Cn1nnnc1-c1cccc(NC(=O)N[C@@H]2CCNCC2C(=O)N2CCCC(Cc3ccc(F)cc3)C2)c1. The number of urea groups is 1. The van der Waals surface area contributed by atoms with Gasteiger partial charge in [-0.25, -0.2) is 13.9 Å². The van der Waals surface area contributed by atoms with Crippen molar-refractivity contribution in [3.8, 4) is 11.4 Å². The zero-order valence-electron chi connectivity index (χ0n) is 21.4. The summed E-state index contributed by atoms with van der Waals surface area (Å²) in [7, 11) is 1.75. The van der Waals surface area contributed by atoms with Crippen molar-refractivity contribution in [2.75, 3.05) is 31.5 Å². The molecule has 0 spiro atoms. The summed E-state index contributed by atoms with van der Waals surface area (Å²) in [6, 6.07) is 13.3. The Morgan fingerprint density at radius 3 is 2.79 bits per heavy atom. The number of amides is 3. The molecule has 3 heterocycles. The van der Waals surface area contributed by atoms with E-state index in [-0.39, 0.29) is 29.7 Å². The third kappa shape index (κ3) is 6.16. The molecule has 2 fully saturated rings. The monoisotopic (exact) mass is 520 g/mol. The highest BCUT2D eigenvalue weighted by molar-refractivity contribution is 5.91. The molecule has 10 nitrogen and oxygen atoms in total. The van der Waals surface area contributed by atoms with Crippen molar-refractivity contribution in [2.24, 2.45) is 18.9 Å². The number of aromatic nitrogens is 4. The number of carbonyl (C=O) groups excluding carboxylic acids is 2. The number of rotatable bonds is 6. The van der Waals surface area contributed by atoms with E-state index in [9.17, 15) is 14.0 Å². The minimum Gasteiger partial charge on any atom is -0.342 e. The zero-order valence-corrected chi connectivity index (χ0v) is 21.4. The van der Waals surface area contributed by atoms with E-state index in [1.165, 1.54) is 12.1 Å². The van der Waals surface area contributed by atoms with Crippen LogP contribution in [0.4, 0.5) is 14.9 Å². The second-order valence-corrected chi connectivity index (χ2v) is 10.1. The molecule has 2 aliphatic rings. The van der Waals surface area contributed by atoms with Gasteiger partial charge in [0.15, 0.2) is 5.82 Å². The molecule has 2 unspecified atom stereocenters. The number of piperidine rings is 2. The standard InChI is InChI=1S/C27H33FN8O2/c1-35-25(32-33-34-35)20-5-2-6-22(15-20)30-27(38)31-24-11-12-29-16-23(24)26(37)36-13-3-4-19(17-36)14-18-7-9-21(28)10-8-18/h2,5-10,15,19,23-24,29H,3-4,11-14,16-17H2,1H3,(H2,30,31,38)/t19?,23?,24-/m1/s1. The first kappa shape index (κ1) is 25.8. The summed E-state index contributed by atoms with van der Waals surface area (Å²) in [6.07, 6.45) is 3.47. The number of tetrazole rings is 1. The third-order valence-electron chi connectivity index (χ3n) is 7.38. The highest BCUT2D eigenvalue weighted by atomic mass is 19.1. The van der Waals surface area contributed by atoms with Gasteiger partial charge in [-0.3, -0.25) is 4.79 Å². The van der Waals surface area contributed by atoms with Crippen molar-refractivity contribution in [1.82, 2.24) is 35.7 Å². The number of hydrogen-bond donors (Lipinski definition) is 3. The van der Waals surface area contributed by atoms with Crippen LogP contribution < -0.4 is 16.0 Å². The van der Waals surface area contributed by atoms with Gasteiger partial charge in [-0.1, -0.05) is 24.3 Å². The van der Waals surface area contributed by atoms with Crippen LogP contribution in [0.3, 0.4) is 0 Å². The molecule has 0 radical (unpaired) electrons. The second kappa shape index (κ2) is 11.7. The second-order valence-electron chi connectivity index (χ2n) is 10.1. The Labute approximate surface area is 221 Å². The number of benzene rings is 2. The molecule has 3 atom stereocenters. The topological polar surface area (TPSA) is 117 Å². The van der Waals surface area contributed by atoms with Crippen LogP contribution >= 0.6 is 0 Å². The van der Waals surface area contributed by atoms with Gasteiger partial charge in [0.25, 0.3) is 0 Å². The number of hydrogen-bond acceptors (Lipinski definition) is 6. The van der Waals surface area contributed by atoms with Gasteiger partial charge < -0.3 is 20.9 Å². The largest absolute Gasteiger partial charge is 0.342 e. The van der Waals surface area contributed by atoms with Crippen molar-refractivity contribution >= 4 is 17.6 Å². The molecular weight excluding hydrogens is 487 g/mol. The van der Waals surface area contributed by atoms with Gasteiger partial charge in [0, 0.05) is 44.0 Å². The Morgan fingerprint density at radius 2 is 2.00 bits per heavy atom. The van der Waals surface area contributed by atoms with Crippen molar-refractivity contribution in [3.63, 3.8) is 0 Å². The Morgan fingerprint density at radius 1 is 1.16 bits per heavy atom. The van der Waals surface area contributed by atoms with Crippen molar-refractivity contribution in [1.29, 1.82) is 0 Å². The lowest BCUT2D eigenvalue weighted by Crippen LogP contribution is -2.57. The fraction of sp³-hybridized carbons (Fsp3) is 0.444. The number of nitrogens with zero attached hydrogens (tertiary/aromatic N) is 5. The van der Waals surface area contributed by atoms with Gasteiger partial charge in [-0.15, -0.1) is 5.10 Å². The normalized spacial score (nSPS) is 21.6. The van der Waals surface area contributed by atoms with Crippen LogP contribution in [-0.4, -0.2) is 69.3 Å². The van der Waals surface area contributed by atoms with E-state index in [2.05, 4.69) is 31.5 Å². The fourth-order valence-electron chi connectivity index (χ4n) is 5.46. The molecule has 2 aromatic carbocycles. The summed E-state index contributed by atoms with van der Waals surface area (Å²) >= 11 is 0. The highest BCUT2D eigenvalue weighted by Gasteiger charge is 2.36. The average molecular weight is 521 g/mol. The van der Waals surface area contributed by atoms with E-state index in [0.717, 1.165) is 43.5 Å². The van der Waals surface area contributed by atoms with E-state index >= 15 is 0 Å². The number of anilines is 1. The minimum absolute atomic E-state index is 0.0723. The number of aryl methyl sites for hydroxylation is 1. The summed E-state index contributed by atoms with van der Waals surface area (Å²) in [4.78, 5) is 28.5. The summed E-state index contributed by atoms with van der Waals surface area (Å²) in [5.74, 6) is 0.424. The molecule has 2 aliphatic heterocycles. The van der Waals surface area contributed by atoms with Gasteiger partial charge in [-0.2, -0.15) is 0 Å². The van der Waals surface area contributed by atoms with Crippen molar-refractivity contribution in [3.05, 3.63) is 59.9 Å². The maximum Gasteiger partial charge on any atom is 0.319 e. The number of halogens is 1. The molecule has 3 aromatic rings. The fourth-order valence-corrected chi connectivity index (χ4v) is 5.46. The molecule has 11 heteroatoms. The Hall–Kier alpha value is -3.86. The van der Waals surface area contributed by atoms with Crippen LogP contribution in [0.1, 0.15) is 24.8 Å².